The number of benzene rings is 1. The maximum absolute atomic E-state index is 10.3. The van der Waals surface area contributed by atoms with E-state index in [1.165, 1.54) is 31.2 Å². The van der Waals surface area contributed by atoms with E-state index in [0.29, 0.717) is 13.2 Å². The van der Waals surface area contributed by atoms with Gasteiger partial charge in [0.2, 0.25) is 0 Å². The highest BCUT2D eigenvalue weighted by Gasteiger charge is 2.04. The van der Waals surface area contributed by atoms with E-state index in [0.717, 1.165) is 0 Å². The van der Waals surface area contributed by atoms with Crippen molar-refractivity contribution >= 4 is 11.9 Å². The third kappa shape index (κ3) is 14.9. The number of ether oxygens (including phenoxy) is 1. The van der Waals surface area contributed by atoms with Crippen LogP contribution in [0.3, 0.4) is 0 Å². The predicted octanol–water partition coefficient (Wildman–Crippen LogP) is -0.570. The molecule has 0 saturated carbocycles. The van der Waals surface area contributed by atoms with Gasteiger partial charge in [-0.2, -0.15) is 0 Å². The molecule has 9 nitrogen and oxygen atoms in total. The fourth-order valence-electron chi connectivity index (χ4n) is 0.987. The fraction of sp³-hybridized carbons (Fsp3) is 0.467. The number of aliphatic hydroxyl groups excluding tert-OH is 4. The summed E-state index contributed by atoms with van der Waals surface area (Å²) in [5.41, 5.74) is 0.167. The van der Waals surface area contributed by atoms with Crippen LogP contribution in [0.15, 0.2) is 24.3 Å². The van der Waals surface area contributed by atoms with Gasteiger partial charge in [-0.1, -0.05) is 0 Å². The zero-order valence-corrected chi connectivity index (χ0v) is 13.3. The summed E-state index contributed by atoms with van der Waals surface area (Å²) in [6.07, 6.45) is -0.560. The van der Waals surface area contributed by atoms with E-state index < -0.39 is 18.0 Å². The Balaban J connectivity index is 0. The molecule has 0 aliphatic rings. The Bertz CT molecular complexity index is 406. The quantitative estimate of drug-likeness (QED) is 0.354. The molecule has 6 N–H and O–H groups in total. The number of carboxylic acid groups (broad SMARTS) is 2. The second-order valence-electron chi connectivity index (χ2n) is 4.28. The molecular weight excluding hydrogens is 324 g/mol. The van der Waals surface area contributed by atoms with Crippen molar-refractivity contribution in [1.29, 1.82) is 0 Å². The summed E-state index contributed by atoms with van der Waals surface area (Å²) in [4.78, 5) is 20.7. The normalized spacial score (nSPS) is 10.5. The molecule has 1 unspecified atom stereocenters. The minimum Gasteiger partial charge on any atom is -0.478 e. The van der Waals surface area contributed by atoms with Crippen LogP contribution in [-0.2, 0) is 4.74 Å². The van der Waals surface area contributed by atoms with E-state index >= 15 is 0 Å². The Hall–Kier alpha value is -2.04. The van der Waals surface area contributed by atoms with Crippen LogP contribution >= 0.6 is 0 Å². The molecule has 0 amide bonds. The van der Waals surface area contributed by atoms with Gasteiger partial charge in [0.05, 0.1) is 50.3 Å². The summed E-state index contributed by atoms with van der Waals surface area (Å²) in [6.45, 7) is 2.08. The van der Waals surface area contributed by atoms with Crippen molar-refractivity contribution < 1.29 is 45.0 Å². The van der Waals surface area contributed by atoms with Crippen LogP contribution < -0.4 is 0 Å². The van der Waals surface area contributed by atoms with Gasteiger partial charge in [-0.25, -0.2) is 9.59 Å². The molecule has 9 heteroatoms. The zero-order valence-electron chi connectivity index (χ0n) is 13.3. The van der Waals surface area contributed by atoms with E-state index in [4.69, 9.17) is 30.6 Å². The van der Waals surface area contributed by atoms with E-state index in [9.17, 15) is 9.59 Å². The topological polar surface area (TPSA) is 165 Å². The molecule has 138 valence electrons. The summed E-state index contributed by atoms with van der Waals surface area (Å²) in [7, 11) is 0. The summed E-state index contributed by atoms with van der Waals surface area (Å²) in [5, 5.41) is 49.1. The molecule has 0 spiro atoms. The Kier molecular flexibility index (Phi) is 16.0. The second-order valence-corrected chi connectivity index (χ2v) is 4.28. The van der Waals surface area contributed by atoms with E-state index in [1.807, 2.05) is 0 Å². The molecule has 0 aliphatic heterocycles. The summed E-state index contributed by atoms with van der Waals surface area (Å²) in [6, 6.07) is 5.02. The first kappa shape index (κ1) is 24.2. The molecule has 1 aromatic carbocycles. The van der Waals surface area contributed by atoms with Gasteiger partial charge in [0, 0.05) is 0 Å². The maximum Gasteiger partial charge on any atom is 0.335 e. The van der Waals surface area contributed by atoms with E-state index in [2.05, 4.69) is 4.74 Å². The average molecular weight is 348 g/mol. The molecule has 0 saturated heterocycles. The Morgan fingerprint density at radius 2 is 1.21 bits per heavy atom. The SMILES string of the molecule is CC(O)CO.O=C(O)c1ccc(C(=O)O)cc1.OCCOCCO. The van der Waals surface area contributed by atoms with E-state index in [1.54, 1.807) is 0 Å². The molecule has 0 radical (unpaired) electrons. The molecule has 0 aromatic heterocycles. The number of carbonyl (C=O) groups is 2. The van der Waals surface area contributed by atoms with Crippen LogP contribution in [0.25, 0.3) is 0 Å². The Morgan fingerprint density at radius 1 is 0.917 bits per heavy atom. The number of hydrogen-bond acceptors (Lipinski definition) is 7. The summed E-state index contributed by atoms with van der Waals surface area (Å²) >= 11 is 0. The minimum absolute atomic E-state index is 0.0278. The van der Waals surface area contributed by atoms with Gasteiger partial charge in [0.15, 0.2) is 0 Å². The predicted molar refractivity (Wildman–Crippen MR) is 84.1 cm³/mol. The fourth-order valence-corrected chi connectivity index (χ4v) is 0.987. The van der Waals surface area contributed by atoms with Crippen LogP contribution in [0.1, 0.15) is 27.6 Å². The number of rotatable bonds is 7. The average Bonchev–Trinajstić information content (AvgIpc) is 2.56. The largest absolute Gasteiger partial charge is 0.478 e. The highest BCUT2D eigenvalue weighted by molar-refractivity contribution is 5.91. The summed E-state index contributed by atoms with van der Waals surface area (Å²) in [5.74, 6) is -2.13. The molecule has 0 bridgehead atoms. The maximum atomic E-state index is 10.3. The lowest BCUT2D eigenvalue weighted by Gasteiger charge is -1.94. The number of carboxylic acids is 2. The van der Waals surface area contributed by atoms with Crippen molar-refractivity contribution in [2.24, 2.45) is 0 Å². The van der Waals surface area contributed by atoms with Crippen molar-refractivity contribution in [2.75, 3.05) is 33.0 Å². The van der Waals surface area contributed by atoms with Crippen molar-refractivity contribution in [1.82, 2.24) is 0 Å². The monoisotopic (exact) mass is 348 g/mol. The van der Waals surface area contributed by atoms with Crippen molar-refractivity contribution in [2.45, 2.75) is 13.0 Å². The third-order valence-corrected chi connectivity index (χ3v) is 2.11. The zero-order chi connectivity index (χ0) is 19.0. The molecule has 0 heterocycles. The van der Waals surface area contributed by atoms with Gasteiger partial charge in [-0.3, -0.25) is 0 Å². The van der Waals surface area contributed by atoms with Gasteiger partial charge in [0.1, 0.15) is 0 Å². The summed E-state index contributed by atoms with van der Waals surface area (Å²) < 4.78 is 4.63. The molecule has 0 fully saturated rings. The van der Waals surface area contributed by atoms with Crippen LogP contribution in [-0.4, -0.2) is 81.7 Å². The van der Waals surface area contributed by atoms with Gasteiger partial charge >= 0.3 is 11.9 Å². The molecule has 1 aromatic rings. The second kappa shape index (κ2) is 15.8. The Labute approximate surface area is 139 Å². The van der Waals surface area contributed by atoms with Gasteiger partial charge in [-0.15, -0.1) is 0 Å². The number of hydrogen-bond donors (Lipinski definition) is 6. The smallest absolute Gasteiger partial charge is 0.335 e. The van der Waals surface area contributed by atoms with Crippen molar-refractivity contribution in [3.05, 3.63) is 35.4 Å². The lowest BCUT2D eigenvalue weighted by Crippen LogP contribution is -2.03. The van der Waals surface area contributed by atoms with Crippen LogP contribution in [0.2, 0.25) is 0 Å². The first-order chi connectivity index (χ1) is 11.3. The molecule has 0 aliphatic carbocycles. The minimum atomic E-state index is -1.06. The Morgan fingerprint density at radius 3 is 1.38 bits per heavy atom. The lowest BCUT2D eigenvalue weighted by molar-refractivity contribution is 0.0650. The van der Waals surface area contributed by atoms with Gasteiger partial charge in [-0.05, 0) is 31.2 Å². The first-order valence-corrected chi connectivity index (χ1v) is 6.95. The van der Waals surface area contributed by atoms with Crippen LogP contribution in [0, 0.1) is 0 Å². The third-order valence-electron chi connectivity index (χ3n) is 2.11. The molecular formula is C15H24O9. The molecule has 1 atom stereocenters. The van der Waals surface area contributed by atoms with Crippen LogP contribution in [0.5, 0.6) is 0 Å². The number of aliphatic hydroxyl groups is 4. The standard InChI is InChI=1S/C8H6O4.C4H10O3.C3H8O2/c9-7(10)5-1-2-6(4-3-5)8(11)12;5-1-3-7-4-2-6;1-3(5)2-4/h1-4H,(H,9,10)(H,11,12);5-6H,1-4H2;3-5H,2H2,1H3. The highest BCUT2D eigenvalue weighted by atomic mass is 16.5. The van der Waals surface area contributed by atoms with Gasteiger partial charge < -0.3 is 35.4 Å². The van der Waals surface area contributed by atoms with Crippen molar-refractivity contribution in [3.8, 4) is 0 Å². The van der Waals surface area contributed by atoms with E-state index in [-0.39, 0.29) is 30.9 Å². The molecule has 24 heavy (non-hydrogen) atoms. The first-order valence-electron chi connectivity index (χ1n) is 6.95. The van der Waals surface area contributed by atoms with Crippen molar-refractivity contribution in [3.63, 3.8) is 0 Å². The number of aromatic carboxylic acids is 2. The van der Waals surface area contributed by atoms with Gasteiger partial charge in [0.25, 0.3) is 0 Å². The van der Waals surface area contributed by atoms with Crippen LogP contribution in [0.4, 0.5) is 0 Å². The highest BCUT2D eigenvalue weighted by Crippen LogP contribution is 2.03. The molecule has 1 rings (SSSR count). The lowest BCUT2D eigenvalue weighted by atomic mass is 10.1.